The number of nitrogens with one attached hydrogen (secondary N) is 1. The molecule has 172 valence electrons. The summed E-state index contributed by atoms with van der Waals surface area (Å²) in [6.07, 6.45) is 0.956. The Hall–Kier alpha value is -4.09. The number of amides is 2. The summed E-state index contributed by atoms with van der Waals surface area (Å²) >= 11 is 0. The van der Waals surface area contributed by atoms with Crippen molar-refractivity contribution >= 4 is 29.2 Å². The molecule has 0 atom stereocenters. The smallest absolute Gasteiger partial charge is 0.358 e. The molecule has 12 heteroatoms. The van der Waals surface area contributed by atoms with Crippen molar-refractivity contribution in [1.82, 2.24) is 24.1 Å². The first-order valence-corrected chi connectivity index (χ1v) is 10.3. The average molecular weight is 456 g/mol. The molecule has 0 aliphatic carbocycles. The van der Waals surface area contributed by atoms with Crippen LogP contribution in [0.1, 0.15) is 47.3 Å². The van der Waals surface area contributed by atoms with Crippen LogP contribution >= 0.6 is 0 Å². The molecule has 1 N–H and O–H groups in total. The van der Waals surface area contributed by atoms with Crippen LogP contribution in [0.2, 0.25) is 0 Å². The van der Waals surface area contributed by atoms with Gasteiger partial charge in [-0.1, -0.05) is 0 Å². The molecular formula is C21H21FN6O5. The van der Waals surface area contributed by atoms with Crippen LogP contribution in [0, 0.1) is 5.82 Å². The van der Waals surface area contributed by atoms with E-state index in [2.05, 4.69) is 15.4 Å². The highest BCUT2D eigenvalue weighted by Gasteiger charge is 2.36. The van der Waals surface area contributed by atoms with E-state index >= 15 is 0 Å². The minimum absolute atomic E-state index is 0.0519. The topological polar surface area (TPSA) is 128 Å². The third-order valence-corrected chi connectivity index (χ3v) is 5.17. The first-order chi connectivity index (χ1) is 15.7. The summed E-state index contributed by atoms with van der Waals surface area (Å²) in [7, 11) is 0. The zero-order valence-electron chi connectivity index (χ0n) is 18.2. The molecule has 33 heavy (non-hydrogen) atoms. The van der Waals surface area contributed by atoms with Crippen LogP contribution in [0.5, 0.6) is 0 Å². The van der Waals surface area contributed by atoms with E-state index in [1.807, 2.05) is 13.8 Å². The summed E-state index contributed by atoms with van der Waals surface area (Å²) in [6, 6.07) is 3.55. The van der Waals surface area contributed by atoms with Crippen molar-refractivity contribution in [3.63, 3.8) is 0 Å². The lowest BCUT2D eigenvalue weighted by molar-refractivity contribution is -0.116. The molecule has 1 aliphatic rings. The fourth-order valence-corrected chi connectivity index (χ4v) is 3.64. The maximum atomic E-state index is 13.1. The number of nitrogens with zero attached hydrogens (tertiary/aromatic N) is 5. The molecule has 0 saturated carbocycles. The molecule has 0 unspecified atom stereocenters. The highest BCUT2D eigenvalue weighted by Crippen LogP contribution is 2.24. The van der Waals surface area contributed by atoms with E-state index in [9.17, 15) is 23.6 Å². The van der Waals surface area contributed by atoms with Gasteiger partial charge in [0, 0.05) is 12.1 Å². The molecule has 11 nitrogen and oxygen atoms in total. The molecule has 4 rings (SSSR count). The van der Waals surface area contributed by atoms with Crippen molar-refractivity contribution in [3.05, 3.63) is 57.5 Å². The lowest BCUT2D eigenvalue weighted by atomic mass is 10.2. The number of ether oxygens (including phenoxy) is 1. The lowest BCUT2D eigenvalue weighted by Crippen LogP contribution is -2.32. The molecule has 1 aliphatic heterocycles. The summed E-state index contributed by atoms with van der Waals surface area (Å²) in [4.78, 5) is 56.5. The van der Waals surface area contributed by atoms with Crippen LogP contribution in [-0.2, 0) is 22.6 Å². The summed E-state index contributed by atoms with van der Waals surface area (Å²) in [6.45, 7) is 5.05. The van der Waals surface area contributed by atoms with Crippen molar-refractivity contribution in [2.45, 2.75) is 39.9 Å². The van der Waals surface area contributed by atoms with Gasteiger partial charge in [-0.25, -0.2) is 14.2 Å². The summed E-state index contributed by atoms with van der Waals surface area (Å²) in [5.41, 5.74) is -0.363. The monoisotopic (exact) mass is 456 g/mol. The summed E-state index contributed by atoms with van der Waals surface area (Å²) in [5, 5.41) is 6.58. The largest absolute Gasteiger partial charge is 0.461 e. The Bertz CT molecular complexity index is 1330. The SMILES string of the molecule is CCOC(=O)c1cc2n(CC(=O)Nc3ccc(F)cn3)c3c(c(=O)n2n1)CN(C(C)C)C3=O. The predicted octanol–water partition coefficient (Wildman–Crippen LogP) is 1.21. The maximum absolute atomic E-state index is 13.1. The third kappa shape index (κ3) is 3.95. The standard InChI is InChI=1S/C21H21FN6O5/c1-4-33-21(32)14-7-17-27(10-16(29)24-15-6-5-12(22)8-23-15)18-13(19(30)28(17)25-14)9-26(11(2)3)20(18)31/h5-8,11H,4,9-10H2,1-3H3,(H,23,24,29). The number of esters is 1. The second-order valence-corrected chi connectivity index (χ2v) is 7.68. The number of pyridine rings is 1. The molecular weight excluding hydrogens is 435 g/mol. The van der Waals surface area contributed by atoms with Crippen molar-refractivity contribution in [1.29, 1.82) is 0 Å². The maximum Gasteiger partial charge on any atom is 0.358 e. The number of carbonyl (C=O) groups excluding carboxylic acids is 3. The van der Waals surface area contributed by atoms with Crippen LogP contribution in [0.4, 0.5) is 10.2 Å². The van der Waals surface area contributed by atoms with Gasteiger partial charge in [0.05, 0.1) is 24.9 Å². The fraction of sp³-hybridized carbons (Fsp3) is 0.333. The quantitative estimate of drug-likeness (QED) is 0.552. The minimum atomic E-state index is -0.734. The van der Waals surface area contributed by atoms with Gasteiger partial charge in [0.2, 0.25) is 5.91 Å². The summed E-state index contributed by atoms with van der Waals surface area (Å²) < 4.78 is 20.4. The van der Waals surface area contributed by atoms with Gasteiger partial charge in [0.25, 0.3) is 11.5 Å². The lowest BCUT2D eigenvalue weighted by Gasteiger charge is -2.20. The minimum Gasteiger partial charge on any atom is -0.461 e. The Morgan fingerprint density at radius 1 is 1.27 bits per heavy atom. The molecule has 3 aromatic heterocycles. The van der Waals surface area contributed by atoms with Gasteiger partial charge in [0.15, 0.2) is 5.69 Å². The molecule has 0 saturated heterocycles. The number of aromatic nitrogens is 4. The van der Waals surface area contributed by atoms with Crippen LogP contribution in [0.3, 0.4) is 0 Å². The van der Waals surface area contributed by atoms with Crippen LogP contribution in [0.25, 0.3) is 5.65 Å². The molecule has 3 aromatic rings. The van der Waals surface area contributed by atoms with Gasteiger partial charge >= 0.3 is 5.97 Å². The first-order valence-electron chi connectivity index (χ1n) is 10.3. The van der Waals surface area contributed by atoms with Gasteiger partial charge < -0.3 is 19.5 Å². The second kappa shape index (κ2) is 8.45. The van der Waals surface area contributed by atoms with E-state index in [1.54, 1.807) is 6.92 Å². The molecule has 2 amide bonds. The first kappa shape index (κ1) is 22.1. The van der Waals surface area contributed by atoms with Crippen molar-refractivity contribution < 1.29 is 23.5 Å². The molecule has 0 radical (unpaired) electrons. The predicted molar refractivity (Wildman–Crippen MR) is 113 cm³/mol. The van der Waals surface area contributed by atoms with Gasteiger partial charge in [-0.15, -0.1) is 0 Å². The zero-order chi connectivity index (χ0) is 23.9. The highest BCUT2D eigenvalue weighted by molar-refractivity contribution is 5.99. The zero-order valence-corrected chi connectivity index (χ0v) is 18.2. The van der Waals surface area contributed by atoms with E-state index in [-0.39, 0.29) is 54.2 Å². The number of fused-ring (bicyclic) bond motifs is 2. The second-order valence-electron chi connectivity index (χ2n) is 7.68. The summed E-state index contributed by atoms with van der Waals surface area (Å²) in [5.74, 6) is -2.16. The van der Waals surface area contributed by atoms with Crippen molar-refractivity contribution in [2.75, 3.05) is 11.9 Å². The third-order valence-electron chi connectivity index (χ3n) is 5.17. The number of halogens is 1. The van der Waals surface area contributed by atoms with Crippen LogP contribution < -0.4 is 10.9 Å². The Kier molecular flexibility index (Phi) is 5.66. The molecule has 0 aromatic carbocycles. The van der Waals surface area contributed by atoms with Crippen molar-refractivity contribution in [3.8, 4) is 0 Å². The molecule has 4 heterocycles. The number of hydrogen-bond donors (Lipinski definition) is 1. The van der Waals surface area contributed by atoms with E-state index in [0.717, 1.165) is 16.8 Å². The Morgan fingerprint density at radius 2 is 2.03 bits per heavy atom. The number of hydrogen-bond acceptors (Lipinski definition) is 7. The van der Waals surface area contributed by atoms with Gasteiger partial charge in [0.1, 0.15) is 29.5 Å². The van der Waals surface area contributed by atoms with Crippen LogP contribution in [0.15, 0.2) is 29.2 Å². The van der Waals surface area contributed by atoms with E-state index in [1.165, 1.54) is 21.6 Å². The highest BCUT2D eigenvalue weighted by atomic mass is 19.1. The fourth-order valence-electron chi connectivity index (χ4n) is 3.64. The normalized spacial score (nSPS) is 13.0. The Balaban J connectivity index is 1.82. The average Bonchev–Trinajstić information content (AvgIpc) is 3.36. The Morgan fingerprint density at radius 3 is 2.67 bits per heavy atom. The van der Waals surface area contributed by atoms with E-state index in [0.29, 0.717) is 0 Å². The van der Waals surface area contributed by atoms with Gasteiger partial charge in [-0.05, 0) is 32.9 Å². The van der Waals surface area contributed by atoms with Crippen LogP contribution in [-0.4, -0.2) is 54.5 Å². The molecule has 0 spiro atoms. The molecule has 0 fully saturated rings. The van der Waals surface area contributed by atoms with E-state index < -0.39 is 29.2 Å². The van der Waals surface area contributed by atoms with Gasteiger partial charge in [-0.3, -0.25) is 14.4 Å². The van der Waals surface area contributed by atoms with Crippen molar-refractivity contribution in [2.24, 2.45) is 0 Å². The van der Waals surface area contributed by atoms with Gasteiger partial charge in [-0.2, -0.15) is 9.61 Å². The number of carbonyl (C=O) groups is 3. The number of anilines is 1. The Labute approximate surface area is 186 Å². The molecule has 0 bridgehead atoms. The number of rotatable bonds is 6. The van der Waals surface area contributed by atoms with E-state index in [4.69, 9.17) is 4.74 Å².